The molecule has 1 aromatic rings. The van der Waals surface area contributed by atoms with Gasteiger partial charge >= 0.3 is 0 Å². The maximum atomic E-state index is 13.2. The molecule has 5 nitrogen and oxygen atoms in total. The van der Waals surface area contributed by atoms with Crippen molar-refractivity contribution in [3.05, 3.63) is 24.3 Å². The molecule has 2 bridgehead atoms. The molecule has 2 saturated heterocycles. The molecule has 128 valence electrons. The Hall–Kier alpha value is -1.59. The fourth-order valence-electron chi connectivity index (χ4n) is 5.97. The van der Waals surface area contributed by atoms with Crippen molar-refractivity contribution in [2.45, 2.75) is 44.6 Å². The number of hydrogen-bond acceptors (Lipinski definition) is 4. The van der Waals surface area contributed by atoms with Gasteiger partial charge in [0.15, 0.2) is 5.72 Å². The van der Waals surface area contributed by atoms with Gasteiger partial charge in [0, 0.05) is 11.6 Å². The van der Waals surface area contributed by atoms with E-state index in [-0.39, 0.29) is 29.8 Å². The van der Waals surface area contributed by atoms with E-state index in [1.807, 2.05) is 36.1 Å². The first-order chi connectivity index (χ1) is 11.6. The zero-order chi connectivity index (χ0) is 16.6. The summed E-state index contributed by atoms with van der Waals surface area (Å²) in [5, 5.41) is 10.5. The molecule has 0 aromatic heterocycles. The van der Waals surface area contributed by atoms with E-state index in [2.05, 4.69) is 6.92 Å². The molecule has 5 rings (SSSR count). The number of carbonyl (C=O) groups is 1. The third-order valence-electron chi connectivity index (χ3n) is 6.71. The Morgan fingerprint density at radius 3 is 2.71 bits per heavy atom. The lowest BCUT2D eigenvalue weighted by atomic mass is 9.76. The van der Waals surface area contributed by atoms with Gasteiger partial charge < -0.3 is 14.6 Å². The van der Waals surface area contributed by atoms with E-state index in [1.54, 1.807) is 0 Å². The number of fused-ring (bicyclic) bond motifs is 2. The fourth-order valence-corrected chi connectivity index (χ4v) is 5.97. The first kappa shape index (κ1) is 14.7. The number of ether oxygens (including phenoxy) is 2. The van der Waals surface area contributed by atoms with Crippen molar-refractivity contribution in [1.29, 1.82) is 0 Å². The second-order valence-corrected chi connectivity index (χ2v) is 7.49. The van der Waals surface area contributed by atoms with E-state index in [4.69, 9.17) is 9.47 Å². The zero-order valence-corrected chi connectivity index (χ0v) is 14.0. The minimum atomic E-state index is -0.587. The monoisotopic (exact) mass is 329 g/mol. The van der Waals surface area contributed by atoms with Crippen LogP contribution in [0.3, 0.4) is 0 Å². The molecule has 0 spiro atoms. The number of aliphatic hydroxyl groups is 1. The highest BCUT2D eigenvalue weighted by Gasteiger charge is 2.77. The second-order valence-electron chi connectivity index (χ2n) is 7.49. The molecule has 4 aliphatic rings. The molecule has 2 aliphatic carbocycles. The van der Waals surface area contributed by atoms with Crippen molar-refractivity contribution < 1.29 is 19.4 Å². The average molecular weight is 329 g/mol. The highest BCUT2D eigenvalue weighted by Crippen LogP contribution is 2.68. The fraction of sp³-hybridized carbons (Fsp3) is 0.632. The third-order valence-corrected chi connectivity index (χ3v) is 6.71. The lowest BCUT2D eigenvalue weighted by Crippen LogP contribution is -2.50. The van der Waals surface area contributed by atoms with E-state index in [1.165, 1.54) is 0 Å². The van der Waals surface area contributed by atoms with Gasteiger partial charge in [-0.05, 0) is 55.9 Å². The quantitative estimate of drug-likeness (QED) is 0.920. The van der Waals surface area contributed by atoms with Gasteiger partial charge in [0.25, 0.3) is 0 Å². The molecule has 0 radical (unpaired) electrons. The molecule has 1 amide bonds. The van der Waals surface area contributed by atoms with Crippen LogP contribution in [-0.2, 0) is 9.53 Å². The summed E-state index contributed by atoms with van der Waals surface area (Å²) in [4.78, 5) is 15.1. The van der Waals surface area contributed by atoms with Gasteiger partial charge in [-0.2, -0.15) is 0 Å². The predicted octanol–water partition coefficient (Wildman–Crippen LogP) is 2.18. The van der Waals surface area contributed by atoms with Crippen LogP contribution in [0.2, 0.25) is 0 Å². The van der Waals surface area contributed by atoms with E-state index in [0.717, 1.165) is 24.3 Å². The van der Waals surface area contributed by atoms with E-state index in [9.17, 15) is 9.90 Å². The number of benzene rings is 1. The van der Waals surface area contributed by atoms with E-state index >= 15 is 0 Å². The van der Waals surface area contributed by atoms with Crippen molar-refractivity contribution in [3.63, 3.8) is 0 Å². The second kappa shape index (κ2) is 4.73. The maximum absolute atomic E-state index is 13.2. The first-order valence-corrected chi connectivity index (χ1v) is 9.05. The molecule has 1 N–H and O–H groups in total. The van der Waals surface area contributed by atoms with E-state index in [0.29, 0.717) is 12.5 Å². The minimum Gasteiger partial charge on any atom is -0.494 e. The van der Waals surface area contributed by atoms with Crippen LogP contribution in [0.15, 0.2) is 24.3 Å². The number of nitrogens with zero attached hydrogens (tertiary/aromatic N) is 1. The van der Waals surface area contributed by atoms with Gasteiger partial charge in [-0.1, -0.05) is 6.92 Å². The van der Waals surface area contributed by atoms with Crippen LogP contribution in [0.5, 0.6) is 5.75 Å². The lowest BCUT2D eigenvalue weighted by Gasteiger charge is -2.38. The van der Waals surface area contributed by atoms with Crippen molar-refractivity contribution in [2.75, 3.05) is 11.5 Å². The van der Waals surface area contributed by atoms with Gasteiger partial charge in [0.1, 0.15) is 5.75 Å². The molecule has 2 heterocycles. The summed E-state index contributed by atoms with van der Waals surface area (Å²) in [5.74, 6) is 1.46. The largest absolute Gasteiger partial charge is 0.494 e. The predicted molar refractivity (Wildman–Crippen MR) is 87.6 cm³/mol. The van der Waals surface area contributed by atoms with Gasteiger partial charge in [0.2, 0.25) is 5.91 Å². The molecular weight excluding hydrogens is 306 g/mol. The van der Waals surface area contributed by atoms with Crippen LogP contribution in [0, 0.1) is 23.7 Å². The summed E-state index contributed by atoms with van der Waals surface area (Å²) in [6.45, 7) is 4.66. The highest BCUT2D eigenvalue weighted by atomic mass is 16.6. The van der Waals surface area contributed by atoms with Crippen LogP contribution >= 0.6 is 0 Å². The van der Waals surface area contributed by atoms with Crippen molar-refractivity contribution in [3.8, 4) is 5.75 Å². The van der Waals surface area contributed by atoms with Crippen LogP contribution in [-0.4, -0.2) is 35.6 Å². The Morgan fingerprint density at radius 2 is 2.04 bits per heavy atom. The van der Waals surface area contributed by atoms with Crippen molar-refractivity contribution in [2.24, 2.45) is 23.7 Å². The molecule has 24 heavy (non-hydrogen) atoms. The molecule has 7 atom stereocenters. The molecule has 1 aromatic carbocycles. The highest BCUT2D eigenvalue weighted by molar-refractivity contribution is 6.00. The number of aliphatic hydroxyl groups excluding tert-OH is 1. The number of anilines is 1. The molecule has 2 saturated carbocycles. The number of rotatable bonds is 4. The average Bonchev–Trinajstić information content (AvgIpc) is 3.25. The Bertz CT molecular complexity index is 689. The van der Waals surface area contributed by atoms with Crippen LogP contribution in [0.25, 0.3) is 0 Å². The summed E-state index contributed by atoms with van der Waals surface area (Å²) in [6, 6.07) is 7.71. The van der Waals surface area contributed by atoms with Crippen LogP contribution in [0.1, 0.15) is 26.7 Å². The summed E-state index contributed by atoms with van der Waals surface area (Å²) >= 11 is 0. The number of carbonyl (C=O) groups excluding carboxylic acids is 1. The minimum absolute atomic E-state index is 0.0682. The summed E-state index contributed by atoms with van der Waals surface area (Å²) in [6.07, 6.45) is 1.11. The standard InChI is InChI=1S/C19H23NO4/c1-3-19-15-13-9-12(16(21)17(13)24-19)14(15)18(22)20(19)10-5-7-11(8-6-10)23-4-2/h5-8,12-17,21H,3-4,9H2,1-2H3. The van der Waals surface area contributed by atoms with Crippen LogP contribution in [0.4, 0.5) is 5.69 Å². The Labute approximate surface area is 141 Å². The first-order valence-electron chi connectivity index (χ1n) is 9.05. The van der Waals surface area contributed by atoms with Gasteiger partial charge in [-0.25, -0.2) is 0 Å². The summed E-state index contributed by atoms with van der Waals surface area (Å²) in [5.41, 5.74) is 0.283. The van der Waals surface area contributed by atoms with Crippen molar-refractivity contribution >= 4 is 11.6 Å². The lowest BCUT2D eigenvalue weighted by molar-refractivity contribution is -0.133. The Balaban J connectivity index is 1.57. The molecular formula is C19H23NO4. The normalized spacial score (nSPS) is 44.6. The number of amides is 1. The summed E-state index contributed by atoms with van der Waals surface area (Å²) < 4.78 is 11.9. The maximum Gasteiger partial charge on any atom is 0.233 e. The van der Waals surface area contributed by atoms with Crippen LogP contribution < -0.4 is 9.64 Å². The van der Waals surface area contributed by atoms with Gasteiger partial charge in [0.05, 0.1) is 24.7 Å². The molecule has 7 unspecified atom stereocenters. The van der Waals surface area contributed by atoms with Gasteiger partial charge in [-0.3, -0.25) is 9.69 Å². The molecule has 4 fully saturated rings. The SMILES string of the molecule is CCOc1ccc(N2C(=O)C3C4CC5C(OC2(CC)C53)C4O)cc1. The summed E-state index contributed by atoms with van der Waals surface area (Å²) in [7, 11) is 0. The molecule has 5 heteroatoms. The molecule has 2 aliphatic heterocycles. The Morgan fingerprint density at radius 1 is 1.29 bits per heavy atom. The third kappa shape index (κ3) is 1.51. The number of hydrogen-bond donors (Lipinski definition) is 1. The van der Waals surface area contributed by atoms with E-state index < -0.39 is 11.8 Å². The topological polar surface area (TPSA) is 59.0 Å². The smallest absolute Gasteiger partial charge is 0.233 e. The van der Waals surface area contributed by atoms with Gasteiger partial charge in [-0.15, -0.1) is 0 Å². The Kier molecular flexibility index (Phi) is 2.90. The van der Waals surface area contributed by atoms with Crippen molar-refractivity contribution in [1.82, 2.24) is 0 Å². The zero-order valence-electron chi connectivity index (χ0n) is 14.0.